The van der Waals surface area contributed by atoms with Crippen LogP contribution in [0.4, 0.5) is 8.78 Å². The van der Waals surface area contributed by atoms with E-state index in [-0.39, 0.29) is 17.9 Å². The lowest BCUT2D eigenvalue weighted by molar-refractivity contribution is 0.202. The first-order valence-electron chi connectivity index (χ1n) is 4.24. The number of alkyl halides is 1. The Balaban J connectivity index is 3.08. The van der Waals surface area contributed by atoms with E-state index in [1.165, 1.54) is 26.2 Å². The third-order valence-corrected chi connectivity index (χ3v) is 2.14. The topological polar surface area (TPSA) is 35.2 Å². The second-order valence-corrected chi connectivity index (χ2v) is 3.25. The molecule has 0 aromatic heterocycles. The molecule has 1 unspecified atom stereocenters. The molecule has 0 fully saturated rings. The summed E-state index contributed by atoms with van der Waals surface area (Å²) in [6.45, 7) is 1.13. The molecule has 0 aliphatic rings. The number of nitrogens with two attached hydrogens (primary N) is 1. The minimum atomic E-state index is -1.70. The van der Waals surface area contributed by atoms with Crippen molar-refractivity contribution in [2.45, 2.75) is 12.6 Å². The first-order chi connectivity index (χ1) is 6.51. The molecule has 0 amide bonds. The summed E-state index contributed by atoms with van der Waals surface area (Å²) in [5.41, 5.74) is 3.75. The van der Waals surface area contributed by atoms with Crippen LogP contribution in [0.5, 0.6) is 5.75 Å². The van der Waals surface area contributed by atoms with Gasteiger partial charge in [-0.05, 0) is 24.6 Å². The van der Waals surface area contributed by atoms with Crippen LogP contribution in [-0.2, 0) is 5.67 Å². The molecule has 0 saturated heterocycles. The Morgan fingerprint density at radius 2 is 2.14 bits per heavy atom. The fraction of sp³-hybridized carbons (Fsp3) is 0.400. The molecule has 0 radical (unpaired) electrons. The van der Waals surface area contributed by atoms with E-state index >= 15 is 0 Å². The molecule has 1 rings (SSSR count). The summed E-state index contributed by atoms with van der Waals surface area (Å²) < 4.78 is 31.5. The molecule has 4 heteroatoms. The van der Waals surface area contributed by atoms with Gasteiger partial charge in [-0.2, -0.15) is 0 Å². The fourth-order valence-corrected chi connectivity index (χ4v) is 1.11. The molecule has 2 N–H and O–H groups in total. The fourth-order valence-electron chi connectivity index (χ4n) is 1.11. The monoisotopic (exact) mass is 201 g/mol. The molecule has 1 aromatic rings. The molecule has 1 atom stereocenters. The van der Waals surface area contributed by atoms with E-state index < -0.39 is 11.5 Å². The van der Waals surface area contributed by atoms with Crippen molar-refractivity contribution in [2.75, 3.05) is 13.7 Å². The minimum Gasteiger partial charge on any atom is -0.494 e. The summed E-state index contributed by atoms with van der Waals surface area (Å²) >= 11 is 0. The lowest BCUT2D eigenvalue weighted by Gasteiger charge is -2.18. The molecule has 0 heterocycles. The Morgan fingerprint density at radius 3 is 2.57 bits per heavy atom. The number of methoxy groups -OCH3 is 1. The third-order valence-electron chi connectivity index (χ3n) is 2.14. The number of rotatable bonds is 3. The van der Waals surface area contributed by atoms with Crippen molar-refractivity contribution in [3.63, 3.8) is 0 Å². The zero-order valence-corrected chi connectivity index (χ0v) is 8.18. The lowest BCUT2D eigenvalue weighted by Crippen LogP contribution is -2.26. The van der Waals surface area contributed by atoms with Gasteiger partial charge in [0, 0.05) is 6.54 Å². The Morgan fingerprint density at radius 1 is 1.50 bits per heavy atom. The van der Waals surface area contributed by atoms with Crippen LogP contribution >= 0.6 is 0 Å². The average molecular weight is 201 g/mol. The molecular formula is C10H13F2NO. The van der Waals surface area contributed by atoms with E-state index in [1.54, 1.807) is 0 Å². The molecule has 14 heavy (non-hydrogen) atoms. The van der Waals surface area contributed by atoms with Crippen LogP contribution in [0.2, 0.25) is 0 Å². The lowest BCUT2D eigenvalue weighted by atomic mass is 9.98. The average Bonchev–Trinajstić information content (AvgIpc) is 2.17. The second kappa shape index (κ2) is 3.92. The number of hydrogen-bond donors (Lipinski definition) is 1. The summed E-state index contributed by atoms with van der Waals surface area (Å²) in [6.07, 6.45) is 0. The Labute approximate surface area is 81.7 Å². The van der Waals surface area contributed by atoms with Gasteiger partial charge in [0.05, 0.1) is 7.11 Å². The summed E-state index contributed by atoms with van der Waals surface area (Å²) in [4.78, 5) is 0. The quantitative estimate of drug-likeness (QED) is 0.811. The van der Waals surface area contributed by atoms with E-state index in [2.05, 4.69) is 0 Å². The van der Waals surface area contributed by atoms with Crippen LogP contribution in [0.15, 0.2) is 18.2 Å². The van der Waals surface area contributed by atoms with Gasteiger partial charge in [0.25, 0.3) is 0 Å². The molecular weight excluding hydrogens is 188 g/mol. The highest BCUT2D eigenvalue weighted by atomic mass is 19.1. The van der Waals surface area contributed by atoms with Gasteiger partial charge in [-0.25, -0.2) is 8.78 Å². The van der Waals surface area contributed by atoms with E-state index in [1.807, 2.05) is 0 Å². The molecule has 0 aliphatic heterocycles. The molecule has 0 saturated carbocycles. The number of benzene rings is 1. The van der Waals surface area contributed by atoms with E-state index in [9.17, 15) is 8.78 Å². The van der Waals surface area contributed by atoms with Gasteiger partial charge in [0.2, 0.25) is 0 Å². The highest BCUT2D eigenvalue weighted by molar-refractivity contribution is 5.32. The van der Waals surface area contributed by atoms with Gasteiger partial charge in [-0.15, -0.1) is 0 Å². The van der Waals surface area contributed by atoms with Crippen molar-refractivity contribution in [1.29, 1.82) is 0 Å². The summed E-state index contributed by atoms with van der Waals surface area (Å²) in [7, 11) is 1.36. The predicted octanol–water partition coefficient (Wildman–Crippen LogP) is 1.98. The van der Waals surface area contributed by atoms with Crippen molar-refractivity contribution in [1.82, 2.24) is 0 Å². The second-order valence-electron chi connectivity index (χ2n) is 3.25. The number of hydrogen-bond acceptors (Lipinski definition) is 2. The van der Waals surface area contributed by atoms with Crippen molar-refractivity contribution < 1.29 is 13.5 Å². The van der Waals surface area contributed by atoms with Crippen LogP contribution in [0.1, 0.15) is 12.5 Å². The zero-order chi connectivity index (χ0) is 10.8. The maximum absolute atomic E-state index is 13.6. The van der Waals surface area contributed by atoms with E-state index in [0.29, 0.717) is 0 Å². The Kier molecular flexibility index (Phi) is 3.06. The normalized spacial score (nSPS) is 14.9. The van der Waals surface area contributed by atoms with Gasteiger partial charge >= 0.3 is 0 Å². The molecule has 0 aliphatic carbocycles. The van der Waals surface area contributed by atoms with Crippen LogP contribution < -0.4 is 10.5 Å². The molecule has 1 aromatic carbocycles. The maximum atomic E-state index is 13.6. The van der Waals surface area contributed by atoms with E-state index in [4.69, 9.17) is 10.5 Å². The Hall–Kier alpha value is -1.16. The molecule has 2 nitrogen and oxygen atoms in total. The van der Waals surface area contributed by atoms with Crippen molar-refractivity contribution >= 4 is 0 Å². The van der Waals surface area contributed by atoms with Crippen molar-refractivity contribution in [2.24, 2.45) is 5.73 Å². The largest absolute Gasteiger partial charge is 0.494 e. The van der Waals surface area contributed by atoms with Crippen LogP contribution in [0.3, 0.4) is 0 Å². The van der Waals surface area contributed by atoms with Gasteiger partial charge in [-0.3, -0.25) is 0 Å². The smallest absolute Gasteiger partial charge is 0.165 e. The highest BCUT2D eigenvalue weighted by Gasteiger charge is 2.24. The summed E-state index contributed by atoms with van der Waals surface area (Å²) in [6, 6.07) is 3.96. The Bertz CT molecular complexity index is 326. The standard InChI is InChI=1S/C10H13F2NO/c1-10(12,6-13)7-3-4-9(14-2)8(11)5-7/h3-5H,6,13H2,1-2H3. The predicted molar refractivity (Wildman–Crippen MR) is 50.5 cm³/mol. The first kappa shape index (κ1) is 10.9. The molecule has 0 bridgehead atoms. The first-order valence-corrected chi connectivity index (χ1v) is 4.24. The summed E-state index contributed by atoms with van der Waals surface area (Å²) in [5, 5.41) is 0. The highest BCUT2D eigenvalue weighted by Crippen LogP contribution is 2.27. The third kappa shape index (κ3) is 2.01. The van der Waals surface area contributed by atoms with Gasteiger partial charge < -0.3 is 10.5 Å². The SMILES string of the molecule is COc1ccc(C(C)(F)CN)cc1F. The van der Waals surface area contributed by atoms with Crippen LogP contribution in [0, 0.1) is 5.82 Å². The summed E-state index contributed by atoms with van der Waals surface area (Å²) in [5.74, 6) is -0.483. The van der Waals surface area contributed by atoms with Gasteiger partial charge in [-0.1, -0.05) is 6.07 Å². The van der Waals surface area contributed by atoms with Crippen molar-refractivity contribution in [3.8, 4) is 5.75 Å². The van der Waals surface area contributed by atoms with E-state index in [0.717, 1.165) is 6.07 Å². The minimum absolute atomic E-state index is 0.0987. The maximum Gasteiger partial charge on any atom is 0.165 e. The number of ether oxygens (including phenoxy) is 1. The van der Waals surface area contributed by atoms with Crippen molar-refractivity contribution in [3.05, 3.63) is 29.6 Å². The zero-order valence-electron chi connectivity index (χ0n) is 8.18. The van der Waals surface area contributed by atoms with Gasteiger partial charge in [0.15, 0.2) is 11.6 Å². The molecule has 0 spiro atoms. The molecule has 78 valence electrons. The number of halogens is 2. The van der Waals surface area contributed by atoms with Crippen LogP contribution in [-0.4, -0.2) is 13.7 Å². The van der Waals surface area contributed by atoms with Gasteiger partial charge in [0.1, 0.15) is 5.67 Å². The van der Waals surface area contributed by atoms with Crippen LogP contribution in [0.25, 0.3) is 0 Å².